The molecule has 1 aromatic heterocycles. The Balaban J connectivity index is 1.32. The zero-order valence-corrected chi connectivity index (χ0v) is 20.2. The van der Waals surface area contributed by atoms with E-state index in [1.165, 1.54) is 5.69 Å². The van der Waals surface area contributed by atoms with E-state index in [1.54, 1.807) is 7.11 Å². The third kappa shape index (κ3) is 4.82. The van der Waals surface area contributed by atoms with Crippen LogP contribution in [0.4, 0.5) is 5.69 Å². The number of halogens is 1. The summed E-state index contributed by atoms with van der Waals surface area (Å²) in [5, 5.41) is 0.777. The van der Waals surface area contributed by atoms with E-state index in [9.17, 15) is 4.79 Å². The van der Waals surface area contributed by atoms with E-state index in [4.69, 9.17) is 16.3 Å². The number of carbonyl (C=O) groups excluding carboxylic acids is 1. The molecule has 3 heterocycles. The first-order chi connectivity index (χ1) is 15.5. The highest BCUT2D eigenvalue weighted by Gasteiger charge is 2.36. The van der Waals surface area contributed by atoms with Gasteiger partial charge in [-0.3, -0.25) is 9.69 Å². The molecule has 4 rings (SSSR count). The lowest BCUT2D eigenvalue weighted by Crippen LogP contribution is -2.47. The van der Waals surface area contributed by atoms with Gasteiger partial charge in [-0.15, -0.1) is 0 Å². The number of piperazine rings is 1. The SMILES string of the molecule is CCC1CN(CCCN2CCN(c3ccc(Cl)cc3)CC2)C(=O)c2c(C)c[nH]c2C1OC. The van der Waals surface area contributed by atoms with Crippen LogP contribution in [0.15, 0.2) is 30.5 Å². The number of fused-ring (bicyclic) bond motifs is 1. The molecule has 1 fully saturated rings. The van der Waals surface area contributed by atoms with Crippen molar-refractivity contribution in [2.24, 2.45) is 5.92 Å². The Morgan fingerprint density at radius 1 is 1.12 bits per heavy atom. The summed E-state index contributed by atoms with van der Waals surface area (Å²) in [5.41, 5.74) is 4.00. The summed E-state index contributed by atoms with van der Waals surface area (Å²) in [5.74, 6) is 0.440. The van der Waals surface area contributed by atoms with Crippen molar-refractivity contribution in [2.75, 3.05) is 57.8 Å². The van der Waals surface area contributed by atoms with Crippen molar-refractivity contribution in [1.82, 2.24) is 14.8 Å². The highest BCUT2D eigenvalue weighted by molar-refractivity contribution is 6.30. The van der Waals surface area contributed by atoms with Crippen molar-refractivity contribution < 1.29 is 9.53 Å². The molecule has 1 amide bonds. The summed E-state index contributed by atoms with van der Waals surface area (Å²) in [7, 11) is 1.75. The minimum absolute atomic E-state index is 0.0569. The van der Waals surface area contributed by atoms with Gasteiger partial charge in [0.15, 0.2) is 0 Å². The van der Waals surface area contributed by atoms with Gasteiger partial charge in [0.25, 0.3) is 5.91 Å². The fraction of sp³-hybridized carbons (Fsp3) is 0.560. The first-order valence-corrected chi connectivity index (χ1v) is 12.1. The number of methoxy groups -OCH3 is 1. The second-order valence-electron chi connectivity index (χ2n) is 8.99. The molecule has 1 N–H and O–H groups in total. The van der Waals surface area contributed by atoms with Gasteiger partial charge >= 0.3 is 0 Å². The number of amides is 1. The summed E-state index contributed by atoms with van der Waals surface area (Å²) in [6.45, 7) is 10.9. The van der Waals surface area contributed by atoms with Crippen molar-refractivity contribution in [3.63, 3.8) is 0 Å². The molecule has 2 unspecified atom stereocenters. The predicted octanol–water partition coefficient (Wildman–Crippen LogP) is 4.36. The van der Waals surface area contributed by atoms with Crippen LogP contribution in [0.3, 0.4) is 0 Å². The largest absolute Gasteiger partial charge is 0.375 e. The van der Waals surface area contributed by atoms with Crippen LogP contribution in [0.1, 0.15) is 47.5 Å². The van der Waals surface area contributed by atoms with Gasteiger partial charge in [0.05, 0.1) is 11.3 Å². The van der Waals surface area contributed by atoms with Crippen LogP contribution in [-0.2, 0) is 4.74 Å². The van der Waals surface area contributed by atoms with Crippen molar-refractivity contribution in [3.05, 3.63) is 52.3 Å². The van der Waals surface area contributed by atoms with Crippen LogP contribution in [-0.4, -0.2) is 73.6 Å². The second kappa shape index (κ2) is 10.3. The maximum Gasteiger partial charge on any atom is 0.256 e. The molecule has 0 radical (unpaired) electrons. The maximum atomic E-state index is 13.4. The third-order valence-electron chi connectivity index (χ3n) is 7.02. The predicted molar refractivity (Wildman–Crippen MR) is 130 cm³/mol. The fourth-order valence-corrected chi connectivity index (χ4v) is 5.25. The summed E-state index contributed by atoms with van der Waals surface area (Å²) in [6, 6.07) is 8.10. The van der Waals surface area contributed by atoms with Crippen LogP contribution in [0.5, 0.6) is 0 Å². The molecule has 0 aliphatic carbocycles. The van der Waals surface area contributed by atoms with E-state index in [2.05, 4.69) is 38.7 Å². The van der Waals surface area contributed by atoms with Crippen molar-refractivity contribution in [3.8, 4) is 0 Å². The first-order valence-electron chi connectivity index (χ1n) is 11.7. The van der Waals surface area contributed by atoms with Crippen molar-refractivity contribution in [2.45, 2.75) is 32.8 Å². The Kier molecular flexibility index (Phi) is 7.44. The van der Waals surface area contributed by atoms with Gasteiger partial charge < -0.3 is 19.5 Å². The molecule has 32 heavy (non-hydrogen) atoms. The summed E-state index contributed by atoms with van der Waals surface area (Å²) in [4.78, 5) is 23.7. The molecule has 174 valence electrons. The average molecular weight is 459 g/mol. The number of rotatable bonds is 7. The monoisotopic (exact) mass is 458 g/mol. The zero-order valence-electron chi connectivity index (χ0n) is 19.4. The van der Waals surface area contributed by atoms with E-state index >= 15 is 0 Å². The molecule has 0 saturated carbocycles. The molecule has 7 heteroatoms. The number of hydrogen-bond acceptors (Lipinski definition) is 4. The van der Waals surface area contributed by atoms with Gasteiger partial charge in [0, 0.05) is 69.2 Å². The van der Waals surface area contributed by atoms with Crippen LogP contribution < -0.4 is 4.90 Å². The Labute approximate surface area is 196 Å². The molecule has 2 aliphatic heterocycles. The van der Waals surface area contributed by atoms with Crippen LogP contribution in [0.25, 0.3) is 0 Å². The molecule has 1 aromatic carbocycles. The van der Waals surface area contributed by atoms with E-state index < -0.39 is 0 Å². The summed E-state index contributed by atoms with van der Waals surface area (Å²) in [6.07, 6.45) is 3.84. The van der Waals surface area contributed by atoms with Crippen LogP contribution in [0.2, 0.25) is 5.02 Å². The van der Waals surface area contributed by atoms with Gasteiger partial charge in [-0.1, -0.05) is 18.5 Å². The number of aromatic amines is 1. The Hall–Kier alpha value is -2.02. The topological polar surface area (TPSA) is 51.8 Å². The smallest absolute Gasteiger partial charge is 0.256 e. The Morgan fingerprint density at radius 2 is 1.84 bits per heavy atom. The van der Waals surface area contributed by atoms with Gasteiger partial charge in [0.1, 0.15) is 6.10 Å². The van der Waals surface area contributed by atoms with E-state index in [-0.39, 0.29) is 12.0 Å². The summed E-state index contributed by atoms with van der Waals surface area (Å²) >= 11 is 6.02. The van der Waals surface area contributed by atoms with Gasteiger partial charge in [-0.25, -0.2) is 0 Å². The number of nitrogens with one attached hydrogen (secondary N) is 1. The number of aryl methyl sites for hydroxylation is 1. The van der Waals surface area contributed by atoms with E-state index in [0.717, 1.165) is 80.5 Å². The highest BCUT2D eigenvalue weighted by Crippen LogP contribution is 2.35. The molecule has 0 spiro atoms. The number of hydrogen-bond donors (Lipinski definition) is 1. The quantitative estimate of drug-likeness (QED) is 0.669. The standard InChI is InChI=1S/C25H35ClN4O2/c1-4-19-17-30(25(31)22-18(2)16-27-23(22)24(19)32-3)11-5-10-28-12-14-29(15-13-28)21-8-6-20(26)7-9-21/h6-9,16,19,24,27H,4-5,10-15,17H2,1-3H3. The lowest BCUT2D eigenvalue weighted by Gasteiger charge is -2.36. The Bertz CT molecular complexity index is 905. The molecular formula is C25H35ClN4O2. The molecule has 0 bridgehead atoms. The summed E-state index contributed by atoms with van der Waals surface area (Å²) < 4.78 is 5.83. The molecule has 1 saturated heterocycles. The van der Waals surface area contributed by atoms with Crippen LogP contribution in [0, 0.1) is 12.8 Å². The van der Waals surface area contributed by atoms with Crippen LogP contribution >= 0.6 is 11.6 Å². The van der Waals surface area contributed by atoms with Crippen molar-refractivity contribution in [1.29, 1.82) is 0 Å². The third-order valence-corrected chi connectivity index (χ3v) is 7.27. The van der Waals surface area contributed by atoms with Gasteiger partial charge in [0.2, 0.25) is 0 Å². The minimum Gasteiger partial charge on any atom is -0.375 e. The van der Waals surface area contributed by atoms with E-state index in [0.29, 0.717) is 5.92 Å². The first kappa shape index (κ1) is 23.1. The minimum atomic E-state index is -0.0569. The average Bonchev–Trinajstić information content (AvgIpc) is 3.14. The lowest BCUT2D eigenvalue weighted by molar-refractivity contribution is 0.0340. The fourth-order valence-electron chi connectivity index (χ4n) is 5.12. The molecule has 2 aromatic rings. The molecule has 2 atom stereocenters. The highest BCUT2D eigenvalue weighted by atomic mass is 35.5. The van der Waals surface area contributed by atoms with Crippen molar-refractivity contribution >= 4 is 23.2 Å². The zero-order chi connectivity index (χ0) is 22.7. The second-order valence-corrected chi connectivity index (χ2v) is 9.43. The number of nitrogens with zero attached hydrogens (tertiary/aromatic N) is 3. The lowest BCUT2D eigenvalue weighted by atomic mass is 9.96. The number of H-pyrrole nitrogens is 1. The normalized spacial score (nSPS) is 22.2. The number of ether oxygens (including phenoxy) is 1. The molecule has 6 nitrogen and oxygen atoms in total. The van der Waals surface area contributed by atoms with Gasteiger partial charge in [-0.2, -0.15) is 0 Å². The molecular weight excluding hydrogens is 424 g/mol. The number of carbonyl (C=O) groups is 1. The van der Waals surface area contributed by atoms with E-state index in [1.807, 2.05) is 25.3 Å². The molecule has 2 aliphatic rings. The number of aromatic nitrogens is 1. The van der Waals surface area contributed by atoms with Gasteiger partial charge in [-0.05, 0) is 56.1 Å². The Morgan fingerprint density at radius 3 is 2.50 bits per heavy atom. The maximum absolute atomic E-state index is 13.4. The number of anilines is 1. The number of benzene rings is 1.